The standard InChI is InChI=1S/C21H21N3O2/c1-15(2)23-21(25)16-12-17(14-22-13-16)24-19-10-6-7-11-20(19)26-18-8-4-3-5-9-18/h3-15,24H,1-2H3,(H,23,25). The van der Waals surface area contributed by atoms with E-state index in [2.05, 4.69) is 15.6 Å². The quantitative estimate of drug-likeness (QED) is 0.675. The van der Waals surface area contributed by atoms with Gasteiger partial charge in [0.05, 0.1) is 23.1 Å². The van der Waals surface area contributed by atoms with Crippen molar-refractivity contribution in [3.05, 3.63) is 78.6 Å². The van der Waals surface area contributed by atoms with Gasteiger partial charge in [-0.15, -0.1) is 0 Å². The number of hydrogen-bond acceptors (Lipinski definition) is 4. The third-order valence-electron chi connectivity index (χ3n) is 3.56. The van der Waals surface area contributed by atoms with Gasteiger partial charge in [-0.05, 0) is 44.2 Å². The summed E-state index contributed by atoms with van der Waals surface area (Å²) in [4.78, 5) is 16.3. The van der Waals surface area contributed by atoms with Crippen LogP contribution >= 0.6 is 0 Å². The van der Waals surface area contributed by atoms with E-state index in [0.717, 1.165) is 11.4 Å². The maximum Gasteiger partial charge on any atom is 0.253 e. The maximum absolute atomic E-state index is 12.2. The van der Waals surface area contributed by atoms with Crippen molar-refractivity contribution in [3.8, 4) is 11.5 Å². The molecule has 0 aliphatic heterocycles. The molecular weight excluding hydrogens is 326 g/mol. The average Bonchev–Trinajstić information content (AvgIpc) is 2.64. The molecule has 3 aromatic rings. The maximum atomic E-state index is 12.2. The summed E-state index contributed by atoms with van der Waals surface area (Å²) in [5.74, 6) is 1.30. The van der Waals surface area contributed by atoms with Crippen molar-refractivity contribution in [1.29, 1.82) is 0 Å². The molecule has 26 heavy (non-hydrogen) atoms. The van der Waals surface area contributed by atoms with E-state index in [9.17, 15) is 4.79 Å². The molecule has 0 saturated heterocycles. The number of anilines is 2. The molecule has 0 unspecified atom stereocenters. The second-order valence-electron chi connectivity index (χ2n) is 6.13. The first kappa shape index (κ1) is 17.5. The van der Waals surface area contributed by atoms with Crippen LogP contribution < -0.4 is 15.4 Å². The number of benzene rings is 2. The molecule has 5 heteroatoms. The molecule has 0 fully saturated rings. The minimum atomic E-state index is -0.148. The highest BCUT2D eigenvalue weighted by Gasteiger charge is 2.10. The van der Waals surface area contributed by atoms with E-state index in [0.29, 0.717) is 17.0 Å². The number of aromatic nitrogens is 1. The molecule has 0 bridgehead atoms. The van der Waals surface area contributed by atoms with Crippen molar-refractivity contribution in [3.63, 3.8) is 0 Å². The first-order valence-electron chi connectivity index (χ1n) is 8.46. The summed E-state index contributed by atoms with van der Waals surface area (Å²) in [6, 6.07) is 19.1. The van der Waals surface area contributed by atoms with E-state index in [4.69, 9.17) is 4.74 Å². The topological polar surface area (TPSA) is 63.2 Å². The van der Waals surface area contributed by atoms with E-state index in [1.165, 1.54) is 0 Å². The zero-order chi connectivity index (χ0) is 18.4. The number of carbonyl (C=O) groups excluding carboxylic acids is 1. The fourth-order valence-electron chi connectivity index (χ4n) is 2.41. The van der Waals surface area contributed by atoms with E-state index in [1.54, 1.807) is 18.5 Å². The zero-order valence-corrected chi connectivity index (χ0v) is 14.8. The van der Waals surface area contributed by atoms with Crippen LogP contribution in [0.5, 0.6) is 11.5 Å². The Morgan fingerprint density at radius 3 is 2.50 bits per heavy atom. The molecule has 2 aromatic carbocycles. The number of hydrogen-bond donors (Lipinski definition) is 2. The van der Waals surface area contributed by atoms with E-state index >= 15 is 0 Å². The molecule has 3 rings (SSSR count). The molecule has 0 radical (unpaired) electrons. The highest BCUT2D eigenvalue weighted by atomic mass is 16.5. The van der Waals surface area contributed by atoms with Gasteiger partial charge in [0.1, 0.15) is 5.75 Å². The SMILES string of the molecule is CC(C)NC(=O)c1cncc(Nc2ccccc2Oc2ccccc2)c1. The smallest absolute Gasteiger partial charge is 0.253 e. The summed E-state index contributed by atoms with van der Waals surface area (Å²) in [6.45, 7) is 3.84. The highest BCUT2D eigenvalue weighted by Crippen LogP contribution is 2.31. The lowest BCUT2D eigenvalue weighted by molar-refractivity contribution is 0.0943. The van der Waals surface area contributed by atoms with Gasteiger partial charge in [-0.2, -0.15) is 0 Å². The molecule has 0 saturated carbocycles. The van der Waals surface area contributed by atoms with Crippen LogP contribution in [0.1, 0.15) is 24.2 Å². The Labute approximate surface area is 153 Å². The summed E-state index contributed by atoms with van der Waals surface area (Å²) in [6.07, 6.45) is 3.22. The molecule has 0 atom stereocenters. The molecule has 1 aromatic heterocycles. The van der Waals surface area contributed by atoms with Crippen LogP contribution in [-0.2, 0) is 0 Å². The summed E-state index contributed by atoms with van der Waals surface area (Å²) in [7, 11) is 0. The summed E-state index contributed by atoms with van der Waals surface area (Å²) in [5.41, 5.74) is 2.01. The third-order valence-corrected chi connectivity index (χ3v) is 3.56. The number of ether oxygens (including phenoxy) is 1. The molecule has 1 amide bonds. The highest BCUT2D eigenvalue weighted by molar-refractivity contribution is 5.95. The molecule has 2 N–H and O–H groups in total. The van der Waals surface area contributed by atoms with E-state index in [-0.39, 0.29) is 11.9 Å². The minimum Gasteiger partial charge on any atom is -0.455 e. The van der Waals surface area contributed by atoms with Crippen LogP contribution in [0.2, 0.25) is 0 Å². The normalized spacial score (nSPS) is 10.4. The van der Waals surface area contributed by atoms with Gasteiger partial charge in [0.25, 0.3) is 5.91 Å². The Bertz CT molecular complexity index is 879. The van der Waals surface area contributed by atoms with Gasteiger partial charge in [0, 0.05) is 12.2 Å². The first-order chi connectivity index (χ1) is 12.6. The fourth-order valence-corrected chi connectivity index (χ4v) is 2.41. The molecule has 5 nitrogen and oxygen atoms in total. The van der Waals surface area contributed by atoms with Crippen LogP contribution in [0.3, 0.4) is 0 Å². The fraction of sp³-hybridized carbons (Fsp3) is 0.143. The van der Waals surface area contributed by atoms with Gasteiger partial charge in [0.2, 0.25) is 0 Å². The predicted molar refractivity (Wildman–Crippen MR) is 103 cm³/mol. The minimum absolute atomic E-state index is 0.0686. The molecule has 1 heterocycles. The Kier molecular flexibility index (Phi) is 5.49. The van der Waals surface area contributed by atoms with Crippen LogP contribution in [0, 0.1) is 0 Å². The number of rotatable bonds is 6. The van der Waals surface area contributed by atoms with Gasteiger partial charge < -0.3 is 15.4 Å². The van der Waals surface area contributed by atoms with Crippen molar-refractivity contribution in [2.75, 3.05) is 5.32 Å². The Hall–Kier alpha value is -3.34. The second kappa shape index (κ2) is 8.16. The van der Waals surface area contributed by atoms with Gasteiger partial charge in [-0.25, -0.2) is 0 Å². The van der Waals surface area contributed by atoms with Crippen LogP contribution in [0.25, 0.3) is 0 Å². The average molecular weight is 347 g/mol. The molecule has 0 spiro atoms. The predicted octanol–water partition coefficient (Wildman–Crippen LogP) is 4.76. The third kappa shape index (κ3) is 4.60. The lowest BCUT2D eigenvalue weighted by atomic mass is 10.2. The van der Waals surface area contributed by atoms with Crippen molar-refractivity contribution >= 4 is 17.3 Å². The number of pyridine rings is 1. The monoisotopic (exact) mass is 347 g/mol. The van der Waals surface area contributed by atoms with Gasteiger partial charge in [-0.1, -0.05) is 30.3 Å². The van der Waals surface area contributed by atoms with Gasteiger partial charge >= 0.3 is 0 Å². The number of carbonyl (C=O) groups is 1. The Balaban J connectivity index is 1.80. The van der Waals surface area contributed by atoms with Crippen LogP contribution in [0.15, 0.2) is 73.1 Å². The number of nitrogens with one attached hydrogen (secondary N) is 2. The lowest BCUT2D eigenvalue weighted by Gasteiger charge is -2.14. The van der Waals surface area contributed by atoms with Crippen molar-refractivity contribution in [2.45, 2.75) is 19.9 Å². The van der Waals surface area contributed by atoms with Gasteiger partial charge in [-0.3, -0.25) is 9.78 Å². The number of amides is 1. The summed E-state index contributed by atoms with van der Waals surface area (Å²) >= 11 is 0. The molecular formula is C21H21N3O2. The molecule has 0 aliphatic rings. The largest absolute Gasteiger partial charge is 0.455 e. The van der Waals surface area contributed by atoms with Crippen molar-refractivity contribution in [2.24, 2.45) is 0 Å². The van der Waals surface area contributed by atoms with E-state index in [1.807, 2.05) is 68.4 Å². The number of nitrogens with zero attached hydrogens (tertiary/aromatic N) is 1. The van der Waals surface area contributed by atoms with Crippen LogP contribution in [-0.4, -0.2) is 16.9 Å². The lowest BCUT2D eigenvalue weighted by Crippen LogP contribution is -2.30. The molecule has 0 aliphatic carbocycles. The van der Waals surface area contributed by atoms with E-state index < -0.39 is 0 Å². The Morgan fingerprint density at radius 1 is 1.00 bits per heavy atom. The van der Waals surface area contributed by atoms with Gasteiger partial charge in [0.15, 0.2) is 5.75 Å². The number of para-hydroxylation sites is 3. The van der Waals surface area contributed by atoms with Crippen LogP contribution in [0.4, 0.5) is 11.4 Å². The van der Waals surface area contributed by atoms with Crippen molar-refractivity contribution in [1.82, 2.24) is 10.3 Å². The Morgan fingerprint density at radius 2 is 1.73 bits per heavy atom. The summed E-state index contributed by atoms with van der Waals surface area (Å²) in [5, 5.41) is 6.14. The summed E-state index contributed by atoms with van der Waals surface area (Å²) < 4.78 is 5.95. The molecule has 132 valence electrons. The van der Waals surface area contributed by atoms with Crippen molar-refractivity contribution < 1.29 is 9.53 Å². The first-order valence-corrected chi connectivity index (χ1v) is 8.46. The second-order valence-corrected chi connectivity index (χ2v) is 6.13. The zero-order valence-electron chi connectivity index (χ0n) is 14.8.